The van der Waals surface area contributed by atoms with Crippen LogP contribution >= 0.6 is 11.6 Å². The van der Waals surface area contributed by atoms with E-state index < -0.39 is 10.8 Å². The molecule has 0 aliphatic heterocycles. The van der Waals surface area contributed by atoms with E-state index >= 15 is 0 Å². The Kier molecular flexibility index (Phi) is 4.35. The highest BCUT2D eigenvalue weighted by Crippen LogP contribution is 2.18. The quantitative estimate of drug-likeness (QED) is 0.863. The van der Waals surface area contributed by atoms with Crippen molar-refractivity contribution in [3.05, 3.63) is 23.4 Å². The van der Waals surface area contributed by atoms with Crippen molar-refractivity contribution in [2.24, 2.45) is 0 Å². The van der Waals surface area contributed by atoms with Crippen LogP contribution < -0.4 is 5.32 Å². The zero-order valence-corrected chi connectivity index (χ0v) is 9.73. The minimum Gasteiger partial charge on any atom is -0.365 e. The molecule has 1 rings (SSSR count). The van der Waals surface area contributed by atoms with E-state index in [1.165, 1.54) is 0 Å². The first-order valence-corrected chi connectivity index (χ1v) is 6.37. The molecule has 1 aromatic rings. The van der Waals surface area contributed by atoms with Gasteiger partial charge in [0, 0.05) is 35.0 Å². The lowest BCUT2D eigenvalue weighted by Crippen LogP contribution is -2.22. The third-order valence-corrected chi connectivity index (χ3v) is 2.90. The molecule has 0 aliphatic carbocycles. The first-order valence-electron chi connectivity index (χ1n) is 4.26. The predicted molar refractivity (Wildman–Crippen MR) is 61.3 cm³/mol. The fourth-order valence-electron chi connectivity index (χ4n) is 1.12. The van der Waals surface area contributed by atoms with Crippen LogP contribution in [0.3, 0.4) is 0 Å². The highest BCUT2D eigenvalue weighted by atomic mass is 35.5. The van der Waals surface area contributed by atoms with E-state index in [9.17, 15) is 4.21 Å². The van der Waals surface area contributed by atoms with E-state index in [4.69, 9.17) is 11.6 Å². The van der Waals surface area contributed by atoms with Crippen LogP contribution in [0.2, 0.25) is 5.02 Å². The second-order valence-electron chi connectivity index (χ2n) is 3.12. The SMILES string of the molecule is CC(CS(C)=O)Nc1ncccc1Cl. The fraction of sp³-hybridized carbons (Fsp3) is 0.444. The first-order chi connectivity index (χ1) is 6.59. The smallest absolute Gasteiger partial charge is 0.144 e. The number of halogens is 1. The minimum absolute atomic E-state index is 0.105. The van der Waals surface area contributed by atoms with Crippen LogP contribution in [0.25, 0.3) is 0 Å². The Hall–Kier alpha value is -0.610. The molecule has 2 atom stereocenters. The molecule has 0 spiro atoms. The summed E-state index contributed by atoms with van der Waals surface area (Å²) in [4.78, 5) is 4.08. The fourth-order valence-corrected chi connectivity index (χ4v) is 2.08. The monoisotopic (exact) mass is 232 g/mol. The van der Waals surface area contributed by atoms with Crippen LogP contribution in [0.4, 0.5) is 5.82 Å². The number of aromatic nitrogens is 1. The summed E-state index contributed by atoms with van der Waals surface area (Å²) in [6.45, 7) is 1.95. The van der Waals surface area contributed by atoms with Gasteiger partial charge in [-0.05, 0) is 19.1 Å². The zero-order valence-electron chi connectivity index (χ0n) is 8.16. The largest absolute Gasteiger partial charge is 0.365 e. The third-order valence-electron chi connectivity index (χ3n) is 1.63. The summed E-state index contributed by atoms with van der Waals surface area (Å²) in [5, 5.41) is 3.69. The van der Waals surface area contributed by atoms with E-state index in [2.05, 4.69) is 10.3 Å². The van der Waals surface area contributed by atoms with Crippen LogP contribution in [0.5, 0.6) is 0 Å². The molecule has 0 bridgehead atoms. The van der Waals surface area contributed by atoms with Gasteiger partial charge >= 0.3 is 0 Å². The predicted octanol–water partition coefficient (Wildman–Crippen LogP) is 1.91. The highest BCUT2D eigenvalue weighted by molar-refractivity contribution is 7.84. The average Bonchev–Trinajstić information content (AvgIpc) is 2.07. The molecule has 14 heavy (non-hydrogen) atoms. The summed E-state index contributed by atoms with van der Waals surface area (Å²) in [7, 11) is -0.809. The molecule has 0 radical (unpaired) electrons. The van der Waals surface area contributed by atoms with Gasteiger partial charge in [-0.1, -0.05) is 11.6 Å². The topological polar surface area (TPSA) is 42.0 Å². The van der Waals surface area contributed by atoms with Gasteiger partial charge in [0.2, 0.25) is 0 Å². The second-order valence-corrected chi connectivity index (χ2v) is 5.01. The highest BCUT2D eigenvalue weighted by Gasteiger charge is 2.06. The van der Waals surface area contributed by atoms with Crippen LogP contribution in [-0.4, -0.2) is 27.2 Å². The molecular weight excluding hydrogens is 220 g/mol. The molecule has 1 aromatic heterocycles. The van der Waals surface area contributed by atoms with Crippen LogP contribution in [0.15, 0.2) is 18.3 Å². The third kappa shape index (κ3) is 3.64. The molecule has 78 valence electrons. The van der Waals surface area contributed by atoms with Crippen molar-refractivity contribution in [2.75, 3.05) is 17.3 Å². The van der Waals surface area contributed by atoms with Gasteiger partial charge in [-0.3, -0.25) is 4.21 Å². The number of nitrogens with one attached hydrogen (secondary N) is 1. The normalized spacial score (nSPS) is 14.8. The summed E-state index contributed by atoms with van der Waals surface area (Å²) in [6, 6.07) is 3.65. The Morgan fingerprint density at radius 2 is 2.43 bits per heavy atom. The minimum atomic E-state index is -0.809. The summed E-state index contributed by atoms with van der Waals surface area (Å²) in [5.41, 5.74) is 0. The van der Waals surface area contributed by atoms with Gasteiger partial charge in [0.15, 0.2) is 0 Å². The average molecular weight is 233 g/mol. The van der Waals surface area contributed by atoms with E-state index in [1.807, 2.05) is 6.92 Å². The summed E-state index contributed by atoms with van der Waals surface area (Å²) < 4.78 is 10.9. The lowest BCUT2D eigenvalue weighted by molar-refractivity contribution is 0.683. The maximum atomic E-state index is 10.9. The Labute approximate surface area is 91.3 Å². The zero-order chi connectivity index (χ0) is 10.6. The molecule has 1 heterocycles. The number of hydrogen-bond donors (Lipinski definition) is 1. The van der Waals surface area contributed by atoms with Gasteiger partial charge in [-0.2, -0.15) is 0 Å². The molecule has 2 unspecified atom stereocenters. The Morgan fingerprint density at radius 1 is 1.71 bits per heavy atom. The van der Waals surface area contributed by atoms with Crippen molar-refractivity contribution in [3.8, 4) is 0 Å². The molecule has 0 fully saturated rings. The van der Waals surface area contributed by atoms with Crippen LogP contribution in [-0.2, 0) is 10.8 Å². The van der Waals surface area contributed by atoms with Gasteiger partial charge in [-0.25, -0.2) is 4.98 Å². The summed E-state index contributed by atoms with van der Waals surface area (Å²) in [5.74, 6) is 1.24. The molecule has 3 nitrogen and oxygen atoms in total. The maximum absolute atomic E-state index is 10.9. The number of rotatable bonds is 4. The molecular formula is C9H13ClN2OS. The van der Waals surface area contributed by atoms with E-state index in [1.54, 1.807) is 24.6 Å². The van der Waals surface area contributed by atoms with E-state index in [0.717, 1.165) is 0 Å². The van der Waals surface area contributed by atoms with E-state index in [-0.39, 0.29) is 6.04 Å². The van der Waals surface area contributed by atoms with Gasteiger partial charge in [-0.15, -0.1) is 0 Å². The number of nitrogens with zero attached hydrogens (tertiary/aromatic N) is 1. The lowest BCUT2D eigenvalue weighted by atomic mass is 10.3. The van der Waals surface area contributed by atoms with Crippen molar-refractivity contribution in [3.63, 3.8) is 0 Å². The van der Waals surface area contributed by atoms with Crippen LogP contribution in [0.1, 0.15) is 6.92 Å². The molecule has 0 saturated carbocycles. The van der Waals surface area contributed by atoms with Crippen molar-refractivity contribution in [2.45, 2.75) is 13.0 Å². The maximum Gasteiger partial charge on any atom is 0.144 e. The molecule has 5 heteroatoms. The number of anilines is 1. The Bertz CT molecular complexity index is 332. The van der Waals surface area contributed by atoms with Crippen molar-refractivity contribution in [1.82, 2.24) is 4.98 Å². The Balaban J connectivity index is 2.60. The summed E-state index contributed by atoms with van der Waals surface area (Å²) >= 11 is 5.90. The van der Waals surface area contributed by atoms with E-state index in [0.29, 0.717) is 16.6 Å². The molecule has 0 saturated heterocycles. The molecule has 0 amide bonds. The van der Waals surface area contributed by atoms with Crippen molar-refractivity contribution in [1.29, 1.82) is 0 Å². The molecule has 1 N–H and O–H groups in total. The van der Waals surface area contributed by atoms with Crippen molar-refractivity contribution >= 4 is 28.2 Å². The lowest BCUT2D eigenvalue weighted by Gasteiger charge is -2.13. The Morgan fingerprint density at radius 3 is 3.00 bits per heavy atom. The second kappa shape index (κ2) is 5.32. The van der Waals surface area contributed by atoms with Crippen LogP contribution in [0, 0.1) is 0 Å². The number of pyridine rings is 1. The van der Waals surface area contributed by atoms with Gasteiger partial charge in [0.1, 0.15) is 5.82 Å². The summed E-state index contributed by atoms with van der Waals surface area (Å²) in [6.07, 6.45) is 3.35. The standard InChI is InChI=1S/C9H13ClN2OS/c1-7(6-14(2)13)12-9-8(10)4-3-5-11-9/h3-5,7H,6H2,1-2H3,(H,11,12). The number of hydrogen-bond acceptors (Lipinski definition) is 3. The van der Waals surface area contributed by atoms with Gasteiger partial charge in [0.25, 0.3) is 0 Å². The van der Waals surface area contributed by atoms with Gasteiger partial charge in [0.05, 0.1) is 5.02 Å². The molecule has 0 aliphatic rings. The molecule has 0 aromatic carbocycles. The first kappa shape index (κ1) is 11.5. The van der Waals surface area contributed by atoms with Crippen molar-refractivity contribution < 1.29 is 4.21 Å². The van der Waals surface area contributed by atoms with Gasteiger partial charge < -0.3 is 5.32 Å².